The lowest BCUT2D eigenvalue weighted by Gasteiger charge is -2.37. The topological polar surface area (TPSA) is 231 Å². The average molecular weight is 913 g/mol. The Hall–Kier alpha value is -7.02. The molecule has 8 rings (SSSR count). The highest BCUT2D eigenvalue weighted by Gasteiger charge is 2.40. The number of hydrogen-bond donors (Lipinski definition) is 6. The summed E-state index contributed by atoms with van der Waals surface area (Å²) in [6, 6.07) is 23.4. The predicted molar refractivity (Wildman–Crippen MR) is 248 cm³/mol. The van der Waals surface area contributed by atoms with E-state index in [2.05, 4.69) is 41.8 Å². The van der Waals surface area contributed by atoms with Crippen LogP contribution < -0.4 is 31.3 Å². The minimum atomic E-state index is -0.728. The molecule has 3 aliphatic rings. The van der Waals surface area contributed by atoms with Crippen LogP contribution >= 0.6 is 0 Å². The molecule has 18 nitrogen and oxygen atoms in total. The summed E-state index contributed by atoms with van der Waals surface area (Å²) in [5.74, 6) is 0.493. The van der Waals surface area contributed by atoms with Crippen LogP contribution in [0, 0.1) is 0 Å². The molecule has 3 aliphatic heterocycles. The van der Waals surface area contributed by atoms with Gasteiger partial charge in [0.05, 0.1) is 12.1 Å². The number of aromatic amines is 1. The SMILES string of the molecule is O=C1CCC(N2Cc3c(NC(=O)COCCCOCCCCCOc4ccc(CNC(=O)c5cccc(NC6(c7nc(-c8ccncc8)n[nH]7)CCNCC6)c5)cc4)cccc3C2=O)C(=O)N1. The molecule has 67 heavy (non-hydrogen) atoms. The zero-order valence-electron chi connectivity index (χ0n) is 37.3. The van der Waals surface area contributed by atoms with Crippen LogP contribution in [0.4, 0.5) is 11.4 Å². The van der Waals surface area contributed by atoms with E-state index in [1.165, 1.54) is 4.90 Å². The molecule has 0 radical (unpaired) electrons. The summed E-state index contributed by atoms with van der Waals surface area (Å²) in [6.45, 7) is 4.09. The van der Waals surface area contributed by atoms with Crippen LogP contribution in [0.3, 0.4) is 0 Å². The molecule has 1 unspecified atom stereocenters. The highest BCUT2D eigenvalue weighted by Crippen LogP contribution is 2.35. The first-order chi connectivity index (χ1) is 32.7. The number of imide groups is 1. The van der Waals surface area contributed by atoms with Crippen molar-refractivity contribution in [2.75, 3.05) is 56.8 Å². The third-order valence-electron chi connectivity index (χ3n) is 12.1. The van der Waals surface area contributed by atoms with Gasteiger partial charge in [0.25, 0.3) is 11.8 Å². The number of unbranched alkanes of at least 4 members (excludes halogenated alkanes) is 2. The van der Waals surface area contributed by atoms with Crippen LogP contribution in [0.15, 0.2) is 91.3 Å². The van der Waals surface area contributed by atoms with Gasteiger partial charge in [0.15, 0.2) is 11.6 Å². The highest BCUT2D eigenvalue weighted by atomic mass is 16.5. The van der Waals surface area contributed by atoms with Crippen LogP contribution in [0.5, 0.6) is 5.75 Å². The van der Waals surface area contributed by atoms with E-state index in [0.717, 1.165) is 73.6 Å². The van der Waals surface area contributed by atoms with Gasteiger partial charge in [-0.25, -0.2) is 4.98 Å². The molecule has 350 valence electrons. The number of rotatable bonds is 22. The maximum Gasteiger partial charge on any atom is 0.255 e. The number of piperidine rings is 2. The van der Waals surface area contributed by atoms with Gasteiger partial charge >= 0.3 is 0 Å². The van der Waals surface area contributed by atoms with E-state index in [9.17, 15) is 24.0 Å². The highest BCUT2D eigenvalue weighted by molar-refractivity contribution is 6.07. The molecule has 0 saturated carbocycles. The first-order valence-electron chi connectivity index (χ1n) is 22.9. The predicted octanol–water partition coefficient (Wildman–Crippen LogP) is 4.86. The van der Waals surface area contributed by atoms with Gasteiger partial charge in [-0.2, -0.15) is 5.10 Å². The van der Waals surface area contributed by atoms with E-state index < -0.39 is 17.5 Å². The molecular weight excluding hydrogens is 857 g/mol. The molecule has 5 amide bonds. The van der Waals surface area contributed by atoms with Crippen molar-refractivity contribution < 1.29 is 38.2 Å². The van der Waals surface area contributed by atoms with E-state index in [4.69, 9.17) is 19.2 Å². The number of ether oxygens (including phenoxy) is 3. The molecule has 0 spiro atoms. The fourth-order valence-electron chi connectivity index (χ4n) is 8.47. The maximum absolute atomic E-state index is 13.3. The van der Waals surface area contributed by atoms with Gasteiger partial charge in [0.1, 0.15) is 18.4 Å². The first kappa shape index (κ1) is 46.5. The third kappa shape index (κ3) is 12.1. The van der Waals surface area contributed by atoms with Crippen LogP contribution in [-0.2, 0) is 42.5 Å². The number of carbonyl (C=O) groups is 5. The molecular formula is C49H56N10O8. The Balaban J connectivity index is 0.669. The summed E-state index contributed by atoms with van der Waals surface area (Å²) < 4.78 is 17.2. The lowest BCUT2D eigenvalue weighted by atomic mass is 9.87. The van der Waals surface area contributed by atoms with Gasteiger partial charge in [-0.3, -0.25) is 39.4 Å². The Morgan fingerprint density at radius 1 is 0.851 bits per heavy atom. The number of fused-ring (bicyclic) bond motifs is 1. The number of carbonyl (C=O) groups excluding carboxylic acids is 5. The Morgan fingerprint density at radius 3 is 2.45 bits per heavy atom. The number of benzene rings is 3. The van der Waals surface area contributed by atoms with Gasteiger partial charge in [0.2, 0.25) is 17.7 Å². The molecule has 1 atom stereocenters. The third-order valence-corrected chi connectivity index (χ3v) is 12.1. The van der Waals surface area contributed by atoms with E-state index in [-0.39, 0.29) is 49.6 Å². The summed E-state index contributed by atoms with van der Waals surface area (Å²) in [4.78, 5) is 73.3. The second kappa shape index (κ2) is 22.4. The molecule has 0 bridgehead atoms. The minimum absolute atomic E-state index is 0.149. The number of nitrogens with one attached hydrogen (secondary N) is 6. The molecule has 6 N–H and O–H groups in total. The van der Waals surface area contributed by atoms with Crippen molar-refractivity contribution in [3.05, 3.63) is 119 Å². The summed E-state index contributed by atoms with van der Waals surface area (Å²) >= 11 is 0. The largest absolute Gasteiger partial charge is 0.494 e. The van der Waals surface area contributed by atoms with Crippen molar-refractivity contribution >= 4 is 40.9 Å². The van der Waals surface area contributed by atoms with Crippen molar-refractivity contribution in [2.45, 2.75) is 76.0 Å². The smallest absolute Gasteiger partial charge is 0.255 e. The van der Waals surface area contributed by atoms with E-state index in [0.29, 0.717) is 67.6 Å². The van der Waals surface area contributed by atoms with E-state index in [1.54, 1.807) is 30.6 Å². The average Bonchev–Trinajstić information content (AvgIpc) is 3.98. The number of anilines is 2. The zero-order chi connectivity index (χ0) is 46.4. The quantitative estimate of drug-likeness (QED) is 0.0403. The molecule has 0 aliphatic carbocycles. The Bertz CT molecular complexity index is 2510. The molecule has 2 saturated heterocycles. The summed E-state index contributed by atoms with van der Waals surface area (Å²) in [6.07, 6.45) is 8.82. The normalized spacial score (nSPS) is 16.6. The minimum Gasteiger partial charge on any atom is -0.494 e. The van der Waals surface area contributed by atoms with Gasteiger partial charge in [0, 0.05) is 85.4 Å². The fraction of sp³-hybridized carbons (Fsp3) is 0.388. The van der Waals surface area contributed by atoms with Crippen molar-refractivity contribution in [1.82, 2.24) is 41.0 Å². The molecule has 18 heteroatoms. The summed E-state index contributed by atoms with van der Waals surface area (Å²) in [7, 11) is 0. The number of pyridine rings is 1. The van der Waals surface area contributed by atoms with Crippen molar-refractivity contribution in [2.24, 2.45) is 0 Å². The van der Waals surface area contributed by atoms with Crippen LogP contribution in [0.25, 0.3) is 11.4 Å². The van der Waals surface area contributed by atoms with Gasteiger partial charge in [-0.1, -0.05) is 24.3 Å². The number of H-pyrrole nitrogens is 1. The summed E-state index contributed by atoms with van der Waals surface area (Å²) in [5.41, 5.74) is 4.31. The molecule has 2 fully saturated rings. The molecule has 5 aromatic rings. The standard InChI is InChI=1S/C49H56N10O8/c60-42-16-15-41(46(63)54-42)59-31-39-38(47(59)64)9-5-10-40(39)53-43(61)32-66-27-6-26-65-25-2-1-3-28-67-37-13-11-33(12-14-37)30-52-45(62)35-7-4-8-36(29-35)56-49(19-23-51-24-20-49)48-55-44(57-58-48)34-17-21-50-22-18-34/h4-5,7-14,17-18,21-22,29,41,51,56H,1-3,6,15-16,19-20,23-28,30-32H2,(H,52,62)(H,53,61)(H,54,60,63)(H,55,57,58). The van der Waals surface area contributed by atoms with Crippen molar-refractivity contribution in [3.63, 3.8) is 0 Å². The Kier molecular flexibility index (Phi) is 15.6. The lowest BCUT2D eigenvalue weighted by molar-refractivity contribution is -0.137. The lowest BCUT2D eigenvalue weighted by Crippen LogP contribution is -2.52. The number of amides is 5. The monoisotopic (exact) mass is 912 g/mol. The molecule has 5 heterocycles. The van der Waals surface area contributed by atoms with Gasteiger partial charge in [-0.15, -0.1) is 0 Å². The van der Waals surface area contributed by atoms with Crippen LogP contribution in [0.1, 0.15) is 89.0 Å². The maximum atomic E-state index is 13.3. The van der Waals surface area contributed by atoms with E-state index in [1.807, 2.05) is 60.7 Å². The van der Waals surface area contributed by atoms with Gasteiger partial charge < -0.3 is 40.4 Å². The zero-order valence-corrected chi connectivity index (χ0v) is 37.3. The van der Waals surface area contributed by atoms with Crippen LogP contribution in [0.2, 0.25) is 0 Å². The Morgan fingerprint density at radius 2 is 1.63 bits per heavy atom. The van der Waals surface area contributed by atoms with Crippen molar-refractivity contribution in [3.8, 4) is 17.1 Å². The fourth-order valence-corrected chi connectivity index (χ4v) is 8.47. The Labute approximate surface area is 388 Å². The first-order valence-corrected chi connectivity index (χ1v) is 22.9. The number of aromatic nitrogens is 4. The summed E-state index contributed by atoms with van der Waals surface area (Å²) in [5, 5.41) is 23.0. The second-order valence-corrected chi connectivity index (χ2v) is 16.8. The number of nitrogens with zero attached hydrogens (tertiary/aromatic N) is 4. The van der Waals surface area contributed by atoms with Crippen molar-refractivity contribution in [1.29, 1.82) is 0 Å². The molecule has 3 aromatic carbocycles. The molecule has 2 aromatic heterocycles. The van der Waals surface area contributed by atoms with Crippen LogP contribution in [-0.4, -0.2) is 107 Å². The number of hydrogen-bond acceptors (Lipinski definition) is 13. The second-order valence-electron chi connectivity index (χ2n) is 16.8. The van der Waals surface area contributed by atoms with Gasteiger partial charge in [-0.05, 0) is 118 Å². The van der Waals surface area contributed by atoms with E-state index >= 15 is 0 Å².